The summed E-state index contributed by atoms with van der Waals surface area (Å²) in [4.78, 5) is 4.40. The van der Waals surface area contributed by atoms with Crippen LogP contribution >= 0.6 is 0 Å². The van der Waals surface area contributed by atoms with Crippen molar-refractivity contribution in [3.8, 4) is 11.5 Å². The average Bonchev–Trinajstić information content (AvgIpc) is 2.89. The number of benzene rings is 1. The zero-order valence-corrected chi connectivity index (χ0v) is 11.7. The van der Waals surface area contributed by atoms with E-state index >= 15 is 0 Å². The first-order chi connectivity index (χ1) is 9.65. The third-order valence-corrected chi connectivity index (χ3v) is 3.62. The highest BCUT2D eigenvalue weighted by Crippen LogP contribution is 2.37. The van der Waals surface area contributed by atoms with E-state index in [9.17, 15) is 0 Å². The summed E-state index contributed by atoms with van der Waals surface area (Å²) in [5.74, 6) is 2.81. The molecule has 1 aliphatic heterocycles. The van der Waals surface area contributed by atoms with Crippen LogP contribution in [0.3, 0.4) is 0 Å². The maximum absolute atomic E-state index is 6.06. The lowest BCUT2D eigenvalue weighted by molar-refractivity contribution is 0.174. The van der Waals surface area contributed by atoms with Crippen LogP contribution in [0.25, 0.3) is 10.8 Å². The van der Waals surface area contributed by atoms with Crippen molar-refractivity contribution in [2.45, 2.75) is 19.9 Å². The lowest BCUT2D eigenvalue weighted by Crippen LogP contribution is -2.34. The Morgan fingerprint density at radius 1 is 1.30 bits per heavy atom. The zero-order valence-electron chi connectivity index (χ0n) is 11.7. The number of nitrogens with one attached hydrogen (secondary N) is 1. The molecule has 5 nitrogen and oxygen atoms in total. The predicted molar refractivity (Wildman–Crippen MR) is 79.2 cm³/mol. The van der Waals surface area contributed by atoms with Crippen molar-refractivity contribution in [3.63, 3.8) is 0 Å². The minimum absolute atomic E-state index is 0.0982. The second kappa shape index (κ2) is 5.17. The van der Waals surface area contributed by atoms with E-state index < -0.39 is 0 Å². The molecule has 2 heterocycles. The summed E-state index contributed by atoms with van der Waals surface area (Å²) in [6.07, 6.45) is 1.79. The van der Waals surface area contributed by atoms with Gasteiger partial charge in [-0.1, -0.05) is 13.8 Å². The molecule has 20 heavy (non-hydrogen) atoms. The van der Waals surface area contributed by atoms with E-state index in [4.69, 9.17) is 15.2 Å². The summed E-state index contributed by atoms with van der Waals surface area (Å²) in [5.41, 5.74) is 6.06. The van der Waals surface area contributed by atoms with Crippen molar-refractivity contribution in [2.75, 3.05) is 18.7 Å². The van der Waals surface area contributed by atoms with E-state index in [1.54, 1.807) is 6.20 Å². The Morgan fingerprint density at radius 2 is 2.05 bits per heavy atom. The van der Waals surface area contributed by atoms with Crippen LogP contribution in [-0.4, -0.2) is 24.4 Å². The molecule has 1 atom stereocenters. The molecule has 0 saturated heterocycles. The maximum atomic E-state index is 6.06. The number of nitrogens with zero attached hydrogens (tertiary/aromatic N) is 1. The lowest BCUT2D eigenvalue weighted by Gasteiger charge is -2.17. The number of aromatic nitrogens is 1. The number of nitrogens with two attached hydrogens (primary N) is 1. The molecule has 5 heteroatoms. The fourth-order valence-corrected chi connectivity index (χ4v) is 2.15. The first-order valence-corrected chi connectivity index (χ1v) is 6.83. The lowest BCUT2D eigenvalue weighted by atomic mass is 10.1. The Hall–Kier alpha value is -2.01. The summed E-state index contributed by atoms with van der Waals surface area (Å²) in [6, 6.07) is 6.01. The highest BCUT2D eigenvalue weighted by molar-refractivity contribution is 5.94. The smallest absolute Gasteiger partial charge is 0.231 e. The minimum Gasteiger partial charge on any atom is -0.454 e. The van der Waals surface area contributed by atoms with Crippen molar-refractivity contribution in [1.82, 2.24) is 4.98 Å². The van der Waals surface area contributed by atoms with Crippen LogP contribution in [0.15, 0.2) is 24.4 Å². The van der Waals surface area contributed by atoms with Crippen molar-refractivity contribution in [1.29, 1.82) is 0 Å². The minimum atomic E-state index is 0.0982. The first-order valence-electron chi connectivity index (χ1n) is 6.83. The van der Waals surface area contributed by atoms with E-state index in [0.29, 0.717) is 12.5 Å². The molecule has 3 rings (SSSR count). The van der Waals surface area contributed by atoms with Crippen LogP contribution in [0.4, 0.5) is 5.82 Å². The molecule has 0 amide bonds. The first kappa shape index (κ1) is 13.0. The summed E-state index contributed by atoms with van der Waals surface area (Å²) < 4.78 is 10.8. The average molecular weight is 273 g/mol. The summed E-state index contributed by atoms with van der Waals surface area (Å²) >= 11 is 0. The molecule has 0 fully saturated rings. The van der Waals surface area contributed by atoms with E-state index in [1.807, 2.05) is 18.2 Å². The third-order valence-electron chi connectivity index (χ3n) is 3.62. The van der Waals surface area contributed by atoms with Gasteiger partial charge in [-0.05, 0) is 29.5 Å². The van der Waals surface area contributed by atoms with Crippen molar-refractivity contribution < 1.29 is 9.47 Å². The van der Waals surface area contributed by atoms with Crippen LogP contribution in [0.2, 0.25) is 0 Å². The molecule has 3 N–H and O–H groups in total. The van der Waals surface area contributed by atoms with Gasteiger partial charge in [-0.2, -0.15) is 0 Å². The number of hydrogen-bond donors (Lipinski definition) is 2. The molecule has 0 aliphatic carbocycles. The van der Waals surface area contributed by atoms with Gasteiger partial charge in [0.15, 0.2) is 11.5 Å². The molecular weight excluding hydrogens is 254 g/mol. The number of ether oxygens (including phenoxy) is 2. The Morgan fingerprint density at radius 3 is 2.80 bits per heavy atom. The fraction of sp³-hybridized carbons (Fsp3) is 0.400. The normalized spacial score (nSPS) is 14.8. The Balaban J connectivity index is 1.91. The van der Waals surface area contributed by atoms with E-state index in [1.165, 1.54) is 0 Å². The monoisotopic (exact) mass is 273 g/mol. The quantitative estimate of drug-likeness (QED) is 0.895. The van der Waals surface area contributed by atoms with Crippen LogP contribution in [-0.2, 0) is 0 Å². The van der Waals surface area contributed by atoms with Gasteiger partial charge >= 0.3 is 0 Å². The van der Waals surface area contributed by atoms with E-state index in [2.05, 4.69) is 24.1 Å². The van der Waals surface area contributed by atoms with Gasteiger partial charge in [0, 0.05) is 24.2 Å². The molecule has 1 unspecified atom stereocenters. The van der Waals surface area contributed by atoms with Gasteiger partial charge < -0.3 is 20.5 Å². The summed E-state index contributed by atoms with van der Waals surface area (Å²) in [5, 5.41) is 5.42. The van der Waals surface area contributed by atoms with Gasteiger partial charge in [-0.3, -0.25) is 0 Å². The van der Waals surface area contributed by atoms with Crippen molar-refractivity contribution >= 4 is 16.6 Å². The zero-order chi connectivity index (χ0) is 14.1. The van der Waals surface area contributed by atoms with Crippen LogP contribution in [0.1, 0.15) is 13.8 Å². The number of anilines is 1. The number of pyridine rings is 1. The topological polar surface area (TPSA) is 69.4 Å². The van der Waals surface area contributed by atoms with Crippen LogP contribution in [0, 0.1) is 5.92 Å². The highest BCUT2D eigenvalue weighted by atomic mass is 16.7. The molecule has 0 bridgehead atoms. The molecule has 1 aromatic carbocycles. The molecule has 2 aromatic rings. The molecule has 106 valence electrons. The molecule has 0 spiro atoms. The molecular formula is C15H19N3O2. The molecule has 0 saturated carbocycles. The predicted octanol–water partition coefficient (Wildman–Crippen LogP) is 2.36. The van der Waals surface area contributed by atoms with Gasteiger partial charge in [0.25, 0.3) is 0 Å². The second-order valence-electron chi connectivity index (χ2n) is 5.37. The summed E-state index contributed by atoms with van der Waals surface area (Å²) in [6.45, 7) is 5.19. The highest BCUT2D eigenvalue weighted by Gasteiger charge is 2.16. The number of rotatable bonds is 4. The number of hydrogen-bond acceptors (Lipinski definition) is 5. The standard InChI is InChI=1S/C15H19N3O2/c1-9(2)12(16)7-18-15-11-6-14-13(19-8-20-14)5-10(11)3-4-17-15/h3-6,9,12H,7-8,16H2,1-2H3,(H,17,18). The van der Waals surface area contributed by atoms with Gasteiger partial charge in [-0.15, -0.1) is 0 Å². The van der Waals surface area contributed by atoms with Crippen molar-refractivity contribution in [3.05, 3.63) is 24.4 Å². The largest absolute Gasteiger partial charge is 0.454 e. The van der Waals surface area contributed by atoms with Crippen molar-refractivity contribution in [2.24, 2.45) is 11.7 Å². The molecule has 1 aromatic heterocycles. The van der Waals surface area contributed by atoms with E-state index in [-0.39, 0.29) is 12.8 Å². The van der Waals surface area contributed by atoms with Gasteiger partial charge in [0.05, 0.1) is 0 Å². The molecule has 0 radical (unpaired) electrons. The summed E-state index contributed by atoms with van der Waals surface area (Å²) in [7, 11) is 0. The van der Waals surface area contributed by atoms with Gasteiger partial charge in [-0.25, -0.2) is 4.98 Å². The van der Waals surface area contributed by atoms with Crippen LogP contribution in [0.5, 0.6) is 11.5 Å². The van der Waals surface area contributed by atoms with Crippen LogP contribution < -0.4 is 20.5 Å². The molecule has 1 aliphatic rings. The van der Waals surface area contributed by atoms with E-state index in [0.717, 1.165) is 28.1 Å². The fourth-order valence-electron chi connectivity index (χ4n) is 2.15. The Bertz CT molecular complexity index is 628. The Labute approximate surface area is 118 Å². The second-order valence-corrected chi connectivity index (χ2v) is 5.37. The SMILES string of the molecule is CC(C)C(N)CNc1nccc2cc3c(cc12)OCO3. The third kappa shape index (κ3) is 2.36. The maximum Gasteiger partial charge on any atom is 0.231 e. The Kier molecular flexibility index (Phi) is 3.36. The van der Waals surface area contributed by atoms with Gasteiger partial charge in [0.2, 0.25) is 6.79 Å². The number of fused-ring (bicyclic) bond motifs is 2. The van der Waals surface area contributed by atoms with Gasteiger partial charge in [0.1, 0.15) is 5.82 Å².